The number of carbonyl (C=O) groups is 2. The van der Waals surface area contributed by atoms with E-state index in [2.05, 4.69) is 6.92 Å². The Morgan fingerprint density at radius 2 is 1.35 bits per heavy atom. The van der Waals surface area contributed by atoms with E-state index in [-0.39, 0.29) is 90.0 Å². The molecule has 0 spiro atoms. The molecule has 0 aliphatic carbocycles. The summed E-state index contributed by atoms with van der Waals surface area (Å²) in [6, 6.07) is 0. The maximum atomic E-state index is 12.4. The molecule has 26 heavy (non-hydrogen) atoms. The van der Waals surface area contributed by atoms with Crippen molar-refractivity contribution in [3.8, 4) is 0 Å². The summed E-state index contributed by atoms with van der Waals surface area (Å²) in [5.41, 5.74) is 0. The summed E-state index contributed by atoms with van der Waals surface area (Å²) in [7, 11) is 0. The van der Waals surface area contributed by atoms with E-state index in [9.17, 15) is 14.7 Å². The van der Waals surface area contributed by atoms with Gasteiger partial charge in [-0.15, -0.1) is 0 Å². The van der Waals surface area contributed by atoms with Crippen molar-refractivity contribution in [1.82, 2.24) is 4.90 Å². The molecule has 0 aromatic heterocycles. The van der Waals surface area contributed by atoms with Crippen LogP contribution in [-0.2, 0) is 9.59 Å². The van der Waals surface area contributed by atoms with Gasteiger partial charge in [0, 0.05) is 25.0 Å². The molecule has 1 atom stereocenters. The number of carboxylic acids is 1. The number of carboxylic acid groups (broad SMARTS) is 1. The third-order valence-electron chi connectivity index (χ3n) is 4.47. The molecule has 0 saturated carbocycles. The van der Waals surface area contributed by atoms with Crippen LogP contribution in [-0.4, -0.2) is 53.3 Å². The first kappa shape index (κ1) is 28.7. The Morgan fingerprint density at radius 1 is 0.885 bits per heavy atom. The van der Waals surface area contributed by atoms with Crippen LogP contribution in [0.4, 0.5) is 0 Å². The number of aliphatic hydroxyl groups excluding tert-OH is 2. The van der Waals surface area contributed by atoms with E-state index in [0.717, 1.165) is 19.3 Å². The predicted molar refractivity (Wildman–Crippen MR) is 95.7 cm³/mol. The van der Waals surface area contributed by atoms with Crippen molar-refractivity contribution in [3.05, 3.63) is 0 Å². The maximum absolute atomic E-state index is 12.4. The van der Waals surface area contributed by atoms with E-state index in [1.165, 1.54) is 43.4 Å². The quantitative estimate of drug-likeness (QED) is 0.229. The Balaban J connectivity index is 0. The minimum Gasteiger partial charge on any atom is -0.550 e. The molecular weight excluding hydrogens is 361 g/mol. The van der Waals surface area contributed by atoms with Crippen molar-refractivity contribution >= 4 is 11.9 Å². The molecule has 0 bridgehead atoms. The molecule has 148 valence electrons. The molecule has 6 nitrogen and oxygen atoms in total. The minimum atomic E-state index is -1.23. The van der Waals surface area contributed by atoms with Crippen LogP contribution in [0.25, 0.3) is 0 Å². The number of carbonyl (C=O) groups excluding carboxylic acids is 2. The van der Waals surface area contributed by atoms with Crippen molar-refractivity contribution in [1.29, 1.82) is 0 Å². The topological polar surface area (TPSA) is 101 Å². The van der Waals surface area contributed by atoms with Crippen LogP contribution >= 0.6 is 0 Å². The zero-order valence-corrected chi connectivity index (χ0v) is 19.9. The van der Waals surface area contributed by atoms with Crippen molar-refractivity contribution in [2.45, 2.75) is 77.6 Å². The van der Waals surface area contributed by atoms with Gasteiger partial charge in [0.1, 0.15) is 0 Å². The van der Waals surface area contributed by atoms with Gasteiger partial charge in [0.2, 0.25) is 5.91 Å². The van der Waals surface area contributed by atoms with Gasteiger partial charge in [-0.1, -0.05) is 64.7 Å². The van der Waals surface area contributed by atoms with Crippen LogP contribution in [0.3, 0.4) is 0 Å². The molecule has 0 rings (SSSR count). The summed E-state index contributed by atoms with van der Waals surface area (Å²) in [4.78, 5) is 24.7. The van der Waals surface area contributed by atoms with Gasteiger partial charge in [0.05, 0.1) is 13.2 Å². The van der Waals surface area contributed by atoms with Crippen molar-refractivity contribution in [2.24, 2.45) is 5.92 Å². The molecule has 7 heteroatoms. The van der Waals surface area contributed by atoms with E-state index in [1.54, 1.807) is 0 Å². The number of rotatable bonds is 17. The van der Waals surface area contributed by atoms with Gasteiger partial charge in [0.15, 0.2) is 0 Å². The fourth-order valence-electron chi connectivity index (χ4n) is 3.05. The van der Waals surface area contributed by atoms with Crippen molar-refractivity contribution in [3.63, 3.8) is 0 Å². The third kappa shape index (κ3) is 15.5. The minimum absolute atomic E-state index is 0. The Labute approximate surface area is 201 Å². The van der Waals surface area contributed by atoms with Crippen molar-refractivity contribution in [2.75, 3.05) is 26.3 Å². The normalized spacial score (nSPS) is 11.7. The van der Waals surface area contributed by atoms with Gasteiger partial charge in [-0.3, -0.25) is 4.79 Å². The summed E-state index contributed by atoms with van der Waals surface area (Å²) in [6.07, 6.45) is 10.7. The summed E-state index contributed by atoms with van der Waals surface area (Å²) in [5, 5.41) is 29.0. The number of amides is 1. The van der Waals surface area contributed by atoms with E-state index in [4.69, 9.17) is 10.2 Å². The van der Waals surface area contributed by atoms with Gasteiger partial charge in [-0.05, 0) is 12.8 Å². The first-order valence-electron chi connectivity index (χ1n) is 9.77. The summed E-state index contributed by atoms with van der Waals surface area (Å²) in [5.74, 6) is -2.18. The molecule has 0 aromatic carbocycles. The number of unbranched alkanes of at least 4 members (excludes halogenated alkanes) is 8. The average molecular weight is 398 g/mol. The maximum Gasteiger partial charge on any atom is 1.00 e. The molecule has 0 heterocycles. The molecule has 0 radical (unpaired) electrons. The monoisotopic (exact) mass is 397 g/mol. The fourth-order valence-corrected chi connectivity index (χ4v) is 3.05. The first-order valence-corrected chi connectivity index (χ1v) is 9.77. The molecule has 0 aliphatic heterocycles. The van der Waals surface area contributed by atoms with Crippen molar-refractivity contribution < 1.29 is 76.3 Å². The van der Waals surface area contributed by atoms with Crippen LogP contribution in [0.15, 0.2) is 0 Å². The number of aliphatic carboxylic acids is 1. The fraction of sp³-hybridized carbons (Fsp3) is 0.895. The van der Waals surface area contributed by atoms with E-state index in [1.807, 2.05) is 0 Å². The number of aliphatic hydroxyl groups is 2. The molecular formula is C19H36KNO5. The van der Waals surface area contributed by atoms with Crippen LogP contribution in [0.1, 0.15) is 77.6 Å². The predicted octanol–water partition coefficient (Wildman–Crippen LogP) is -1.52. The van der Waals surface area contributed by atoms with Crippen LogP contribution in [0, 0.1) is 5.92 Å². The smallest absolute Gasteiger partial charge is 0.550 e. The molecule has 0 fully saturated rings. The Kier molecular flexibility index (Phi) is 22.3. The molecule has 2 N–H and O–H groups in total. The van der Waals surface area contributed by atoms with Gasteiger partial charge in [-0.25, -0.2) is 0 Å². The summed E-state index contributed by atoms with van der Waals surface area (Å²) < 4.78 is 0. The van der Waals surface area contributed by atoms with Gasteiger partial charge < -0.3 is 25.0 Å². The van der Waals surface area contributed by atoms with E-state index < -0.39 is 11.9 Å². The second-order valence-electron chi connectivity index (χ2n) is 6.66. The third-order valence-corrected chi connectivity index (χ3v) is 4.47. The Morgan fingerprint density at radius 3 is 1.77 bits per heavy atom. The SMILES string of the molecule is CCCCCCCCCCCC(CC(=O)[O-])C(=O)N(CCO)CCO.[K+]. The molecule has 1 amide bonds. The second-order valence-corrected chi connectivity index (χ2v) is 6.66. The molecule has 1 unspecified atom stereocenters. The van der Waals surface area contributed by atoms with Gasteiger partial charge >= 0.3 is 51.4 Å². The average Bonchev–Trinajstić information content (AvgIpc) is 2.58. The van der Waals surface area contributed by atoms with Crippen LogP contribution < -0.4 is 56.5 Å². The molecule has 0 aromatic rings. The second kappa shape index (κ2) is 20.2. The summed E-state index contributed by atoms with van der Waals surface area (Å²) >= 11 is 0. The summed E-state index contributed by atoms with van der Waals surface area (Å²) in [6.45, 7) is 2.01. The standard InChI is InChI=1S/C19H37NO5.K/c1-2-3-4-5-6-7-8-9-10-11-17(16-18(23)24)19(25)20(12-14-21)13-15-22;/h17,21-22H,2-16H2,1H3,(H,23,24);/q;+1/p-1. The zero-order valence-electron chi connectivity index (χ0n) is 16.8. The Bertz CT molecular complexity index is 349. The number of nitrogens with zero attached hydrogens (tertiary/aromatic N) is 1. The zero-order chi connectivity index (χ0) is 18.9. The van der Waals surface area contributed by atoms with Crippen LogP contribution in [0.5, 0.6) is 0 Å². The van der Waals surface area contributed by atoms with E-state index >= 15 is 0 Å². The number of hydrogen-bond acceptors (Lipinski definition) is 5. The van der Waals surface area contributed by atoms with Crippen LogP contribution in [0.2, 0.25) is 0 Å². The van der Waals surface area contributed by atoms with Gasteiger partial charge in [0.25, 0.3) is 0 Å². The van der Waals surface area contributed by atoms with Gasteiger partial charge in [-0.2, -0.15) is 0 Å². The number of hydrogen-bond donors (Lipinski definition) is 2. The Hall–Kier alpha value is 0.496. The van der Waals surface area contributed by atoms with E-state index in [0.29, 0.717) is 6.42 Å². The molecule has 0 aliphatic rings. The first-order chi connectivity index (χ1) is 12.1. The molecule has 0 saturated heterocycles. The largest absolute Gasteiger partial charge is 1.00 e.